The molecule has 2 N–H and O–H groups in total. The van der Waals surface area contributed by atoms with Gasteiger partial charge in [0.1, 0.15) is 0 Å². The van der Waals surface area contributed by atoms with Gasteiger partial charge in [0.15, 0.2) is 6.04 Å². The first-order valence-corrected chi connectivity index (χ1v) is 10.8. The van der Waals surface area contributed by atoms with Crippen LogP contribution in [0.3, 0.4) is 0 Å². The summed E-state index contributed by atoms with van der Waals surface area (Å²) in [6.07, 6.45) is 1.57. The second-order valence-electron chi connectivity index (χ2n) is 8.07. The Hall–Kier alpha value is -2.70. The van der Waals surface area contributed by atoms with Crippen LogP contribution in [0.25, 0.3) is 0 Å². The Kier molecular flexibility index (Phi) is 6.77. The van der Waals surface area contributed by atoms with Gasteiger partial charge in [0.25, 0.3) is 5.91 Å². The fraction of sp³-hybridized carbons (Fsp3) is 0.417. The Bertz CT molecular complexity index is 829. The topological polar surface area (TPSA) is 63.1 Å². The third-order valence-corrected chi connectivity index (χ3v) is 6.15. The number of anilines is 1. The number of quaternary nitrogens is 1. The largest absolute Gasteiger partial charge is 0.378 e. The summed E-state index contributed by atoms with van der Waals surface area (Å²) in [5.74, 6) is 0.242. The van der Waals surface area contributed by atoms with Gasteiger partial charge in [0.05, 0.1) is 26.3 Å². The molecule has 2 fully saturated rings. The summed E-state index contributed by atoms with van der Waals surface area (Å²) in [4.78, 5) is 29.3. The summed E-state index contributed by atoms with van der Waals surface area (Å²) in [6.45, 7) is 4.12. The van der Waals surface area contributed by atoms with E-state index in [0.29, 0.717) is 26.3 Å². The Morgan fingerprint density at radius 3 is 2.17 bits per heavy atom. The average Bonchev–Trinajstić information content (AvgIpc) is 2.81. The smallest absolute Gasteiger partial charge is 0.285 e. The van der Waals surface area contributed by atoms with E-state index < -0.39 is 0 Å². The number of piperidine rings is 1. The van der Waals surface area contributed by atoms with Gasteiger partial charge in [-0.1, -0.05) is 48.5 Å². The third kappa shape index (κ3) is 4.89. The molecule has 2 saturated heterocycles. The van der Waals surface area contributed by atoms with E-state index in [4.69, 9.17) is 4.74 Å². The summed E-state index contributed by atoms with van der Waals surface area (Å²) in [7, 11) is 0. The summed E-state index contributed by atoms with van der Waals surface area (Å²) >= 11 is 0. The lowest BCUT2D eigenvalue weighted by atomic mass is 9.93. The van der Waals surface area contributed by atoms with Crippen molar-refractivity contribution < 1.29 is 19.2 Å². The number of para-hydroxylation sites is 1. The Balaban J connectivity index is 1.42. The molecule has 0 spiro atoms. The van der Waals surface area contributed by atoms with Crippen molar-refractivity contribution in [2.24, 2.45) is 5.92 Å². The second kappa shape index (κ2) is 9.87. The molecule has 2 aromatic carbocycles. The predicted octanol–water partition coefficient (Wildman–Crippen LogP) is 1.52. The fourth-order valence-electron chi connectivity index (χ4n) is 4.47. The van der Waals surface area contributed by atoms with Gasteiger partial charge in [-0.25, -0.2) is 0 Å². The van der Waals surface area contributed by atoms with E-state index in [1.165, 1.54) is 4.90 Å². The minimum Gasteiger partial charge on any atom is -0.378 e. The molecule has 6 heteroatoms. The maximum Gasteiger partial charge on any atom is 0.285 e. The highest BCUT2D eigenvalue weighted by atomic mass is 16.5. The van der Waals surface area contributed by atoms with E-state index in [1.807, 2.05) is 65.6 Å². The standard InChI is InChI=1S/C24H29N3O3/c28-23(25-21-9-5-2-6-10-21)20-11-13-26(14-12-20)22(19-7-3-1-4-8-19)24(29)27-15-17-30-18-16-27/h1-10,20,22H,11-18H2,(H,25,28)/p+1/t22-/m0/s1. The zero-order valence-corrected chi connectivity index (χ0v) is 17.3. The number of hydrogen-bond acceptors (Lipinski definition) is 3. The lowest BCUT2D eigenvalue weighted by Crippen LogP contribution is -3.14. The van der Waals surface area contributed by atoms with E-state index in [1.54, 1.807) is 0 Å². The quantitative estimate of drug-likeness (QED) is 0.789. The molecule has 0 aromatic heterocycles. The van der Waals surface area contributed by atoms with Crippen molar-refractivity contribution >= 4 is 17.5 Å². The minimum atomic E-state index is -0.220. The average molecular weight is 409 g/mol. The number of nitrogens with zero attached hydrogens (tertiary/aromatic N) is 1. The van der Waals surface area contributed by atoms with Gasteiger partial charge in [-0.2, -0.15) is 0 Å². The number of carbonyl (C=O) groups excluding carboxylic acids is 2. The first-order valence-electron chi connectivity index (χ1n) is 10.8. The van der Waals surface area contributed by atoms with Crippen LogP contribution < -0.4 is 10.2 Å². The van der Waals surface area contributed by atoms with E-state index in [2.05, 4.69) is 5.32 Å². The minimum absolute atomic E-state index is 0.0103. The zero-order valence-electron chi connectivity index (χ0n) is 17.3. The van der Waals surface area contributed by atoms with E-state index in [0.717, 1.165) is 37.2 Å². The first-order chi connectivity index (χ1) is 14.7. The van der Waals surface area contributed by atoms with Crippen LogP contribution in [0.15, 0.2) is 60.7 Å². The molecule has 2 aromatic rings. The molecule has 30 heavy (non-hydrogen) atoms. The number of morpholine rings is 1. The molecule has 2 aliphatic heterocycles. The van der Waals surface area contributed by atoms with Gasteiger partial charge < -0.3 is 19.9 Å². The number of likely N-dealkylation sites (tertiary alicyclic amines) is 1. The molecule has 2 amide bonds. The third-order valence-electron chi connectivity index (χ3n) is 6.15. The van der Waals surface area contributed by atoms with E-state index in [9.17, 15) is 9.59 Å². The molecule has 2 aliphatic rings. The highest BCUT2D eigenvalue weighted by molar-refractivity contribution is 5.92. The number of nitrogens with one attached hydrogen (secondary N) is 2. The zero-order chi connectivity index (χ0) is 20.8. The Labute approximate surface area is 177 Å². The van der Waals surface area contributed by atoms with Gasteiger partial charge in [-0.3, -0.25) is 9.59 Å². The van der Waals surface area contributed by atoms with Crippen LogP contribution in [-0.2, 0) is 14.3 Å². The number of benzene rings is 2. The number of amides is 2. The van der Waals surface area contributed by atoms with Gasteiger partial charge in [0, 0.05) is 43.1 Å². The van der Waals surface area contributed by atoms with Crippen molar-refractivity contribution in [3.8, 4) is 0 Å². The molecule has 0 unspecified atom stereocenters. The maximum atomic E-state index is 13.4. The molecule has 0 saturated carbocycles. The Morgan fingerprint density at radius 2 is 1.53 bits per heavy atom. The van der Waals surface area contributed by atoms with Crippen molar-refractivity contribution in [3.63, 3.8) is 0 Å². The molecular formula is C24H30N3O3+. The van der Waals surface area contributed by atoms with Crippen molar-refractivity contribution in [3.05, 3.63) is 66.2 Å². The molecule has 4 rings (SSSR count). The molecule has 6 nitrogen and oxygen atoms in total. The number of ether oxygens (including phenoxy) is 1. The van der Waals surface area contributed by atoms with Gasteiger partial charge in [-0.05, 0) is 12.1 Å². The summed E-state index contributed by atoms with van der Waals surface area (Å²) in [6, 6.07) is 19.4. The van der Waals surface area contributed by atoms with Gasteiger partial charge >= 0.3 is 0 Å². The van der Waals surface area contributed by atoms with Gasteiger partial charge in [0.2, 0.25) is 5.91 Å². The summed E-state index contributed by atoms with van der Waals surface area (Å²) in [5, 5.41) is 3.02. The predicted molar refractivity (Wildman–Crippen MR) is 115 cm³/mol. The molecule has 2 heterocycles. The van der Waals surface area contributed by atoms with Crippen LogP contribution in [-0.4, -0.2) is 56.1 Å². The molecule has 0 radical (unpaired) electrons. The van der Waals surface area contributed by atoms with E-state index in [-0.39, 0.29) is 23.8 Å². The SMILES string of the molecule is O=C(Nc1ccccc1)C1CC[NH+]([C@H](C(=O)N2CCOCC2)c2ccccc2)CC1. The Morgan fingerprint density at radius 1 is 0.933 bits per heavy atom. The number of carbonyl (C=O) groups is 2. The number of rotatable bonds is 5. The lowest BCUT2D eigenvalue weighted by Gasteiger charge is -2.37. The van der Waals surface area contributed by atoms with Crippen LogP contribution in [0, 0.1) is 5.92 Å². The second-order valence-corrected chi connectivity index (χ2v) is 8.07. The molecule has 1 atom stereocenters. The molecule has 0 bridgehead atoms. The van der Waals surface area contributed by atoms with Crippen molar-refractivity contribution in [1.29, 1.82) is 0 Å². The van der Waals surface area contributed by atoms with Crippen molar-refractivity contribution in [2.45, 2.75) is 18.9 Å². The lowest BCUT2D eigenvalue weighted by molar-refractivity contribution is -0.927. The van der Waals surface area contributed by atoms with Gasteiger partial charge in [-0.15, -0.1) is 0 Å². The first kappa shape index (κ1) is 20.6. The monoisotopic (exact) mass is 408 g/mol. The van der Waals surface area contributed by atoms with Crippen LogP contribution in [0.1, 0.15) is 24.4 Å². The normalized spacial score (nSPS) is 22.9. The number of hydrogen-bond donors (Lipinski definition) is 2. The molecule has 158 valence electrons. The molecule has 0 aliphatic carbocycles. The van der Waals surface area contributed by atoms with Crippen molar-refractivity contribution in [2.75, 3.05) is 44.7 Å². The van der Waals surface area contributed by atoms with Crippen LogP contribution in [0.2, 0.25) is 0 Å². The maximum absolute atomic E-state index is 13.4. The summed E-state index contributed by atoms with van der Waals surface area (Å²) < 4.78 is 5.42. The highest BCUT2D eigenvalue weighted by Gasteiger charge is 2.38. The fourth-order valence-corrected chi connectivity index (χ4v) is 4.47. The molecular weight excluding hydrogens is 378 g/mol. The van der Waals surface area contributed by atoms with Crippen molar-refractivity contribution in [1.82, 2.24) is 4.90 Å². The summed E-state index contributed by atoms with van der Waals surface area (Å²) in [5.41, 5.74) is 1.89. The van der Waals surface area contributed by atoms with Crippen LogP contribution >= 0.6 is 0 Å². The van der Waals surface area contributed by atoms with E-state index >= 15 is 0 Å². The highest BCUT2D eigenvalue weighted by Crippen LogP contribution is 2.19. The van der Waals surface area contributed by atoms with Crippen LogP contribution in [0.4, 0.5) is 5.69 Å². The van der Waals surface area contributed by atoms with Crippen LogP contribution in [0.5, 0.6) is 0 Å².